The number of rotatable bonds is 2. The summed E-state index contributed by atoms with van der Waals surface area (Å²) in [7, 11) is 3.45. The van der Waals surface area contributed by atoms with E-state index in [4.69, 9.17) is 4.65 Å². The number of piperidine rings is 1. The Morgan fingerprint density at radius 2 is 2.15 bits per heavy atom. The van der Waals surface area contributed by atoms with Crippen molar-refractivity contribution in [1.29, 1.82) is 0 Å². The number of nitrogens with zero attached hydrogens (tertiary/aromatic N) is 1. The standard InChI is InChI=1S/C14H17BBrN2O2/c1-20-15-18-6-4-14(5-7-18)9-13(19)17-12-3-2-10(16)8-11(12)14/h2-3,8H,4-7,9H2,1H3,(H,17,19). The fourth-order valence-electron chi connectivity index (χ4n) is 3.31. The fourth-order valence-corrected chi connectivity index (χ4v) is 3.67. The molecule has 1 saturated heterocycles. The zero-order valence-electron chi connectivity index (χ0n) is 11.5. The first kappa shape index (κ1) is 14.1. The lowest BCUT2D eigenvalue weighted by molar-refractivity contribution is -0.118. The molecule has 1 aromatic rings. The van der Waals surface area contributed by atoms with E-state index < -0.39 is 0 Å². The van der Waals surface area contributed by atoms with E-state index in [2.05, 4.69) is 32.1 Å². The summed E-state index contributed by atoms with van der Waals surface area (Å²) in [6, 6.07) is 6.13. The van der Waals surface area contributed by atoms with Crippen molar-refractivity contribution in [2.45, 2.75) is 24.7 Å². The topological polar surface area (TPSA) is 41.6 Å². The van der Waals surface area contributed by atoms with Crippen LogP contribution < -0.4 is 5.32 Å². The predicted molar refractivity (Wildman–Crippen MR) is 82.6 cm³/mol. The van der Waals surface area contributed by atoms with E-state index in [0.717, 1.165) is 36.1 Å². The number of carbonyl (C=O) groups is 1. The molecule has 0 saturated carbocycles. The van der Waals surface area contributed by atoms with Crippen LogP contribution in [-0.4, -0.2) is 38.5 Å². The molecule has 6 heteroatoms. The maximum atomic E-state index is 12.0. The normalized spacial score (nSPS) is 21.4. The maximum absolute atomic E-state index is 12.0. The third-order valence-corrected chi connectivity index (χ3v) is 4.83. The minimum atomic E-state index is -0.0282. The maximum Gasteiger partial charge on any atom is 0.398 e. The zero-order valence-corrected chi connectivity index (χ0v) is 13.1. The van der Waals surface area contributed by atoms with Crippen LogP contribution in [0.15, 0.2) is 22.7 Å². The van der Waals surface area contributed by atoms with Crippen molar-refractivity contribution in [1.82, 2.24) is 4.81 Å². The number of anilines is 1. The van der Waals surface area contributed by atoms with Gasteiger partial charge in [0.1, 0.15) is 0 Å². The molecule has 1 spiro atoms. The quantitative estimate of drug-likeness (QED) is 0.843. The van der Waals surface area contributed by atoms with Crippen molar-refractivity contribution in [2.75, 3.05) is 25.5 Å². The molecule has 3 rings (SSSR count). The van der Waals surface area contributed by atoms with Gasteiger partial charge in [-0.2, -0.15) is 0 Å². The number of benzene rings is 1. The van der Waals surface area contributed by atoms with Gasteiger partial charge in [0.25, 0.3) is 0 Å². The van der Waals surface area contributed by atoms with Crippen LogP contribution in [0.3, 0.4) is 0 Å². The average Bonchev–Trinajstić information content (AvgIpc) is 2.43. The monoisotopic (exact) mass is 335 g/mol. The Hall–Kier alpha value is -0.845. The molecule has 105 valence electrons. The van der Waals surface area contributed by atoms with Crippen LogP contribution in [0.4, 0.5) is 5.69 Å². The Morgan fingerprint density at radius 1 is 1.40 bits per heavy atom. The van der Waals surface area contributed by atoms with Crippen molar-refractivity contribution in [3.05, 3.63) is 28.2 Å². The first-order valence-corrected chi connectivity index (χ1v) is 7.62. The summed E-state index contributed by atoms with van der Waals surface area (Å²) in [6.07, 6.45) is 2.53. The number of hydrogen-bond acceptors (Lipinski definition) is 3. The molecule has 0 unspecified atom stereocenters. The minimum absolute atomic E-state index is 0.0282. The van der Waals surface area contributed by atoms with Crippen molar-refractivity contribution in [3.63, 3.8) is 0 Å². The zero-order chi connectivity index (χ0) is 14.2. The van der Waals surface area contributed by atoms with Crippen LogP contribution in [0.25, 0.3) is 0 Å². The molecule has 0 bridgehead atoms. The molecule has 2 aliphatic rings. The van der Waals surface area contributed by atoms with Crippen molar-refractivity contribution < 1.29 is 9.45 Å². The second kappa shape index (κ2) is 5.50. The second-order valence-corrected chi connectivity index (χ2v) is 6.49. The average molecular weight is 336 g/mol. The Kier molecular flexibility index (Phi) is 3.88. The summed E-state index contributed by atoms with van der Waals surface area (Å²) in [6.45, 7) is 1.85. The summed E-state index contributed by atoms with van der Waals surface area (Å²) in [5.41, 5.74) is 2.21. The molecule has 1 amide bonds. The molecule has 2 heterocycles. The Balaban J connectivity index is 1.91. The van der Waals surface area contributed by atoms with Gasteiger partial charge in [-0.1, -0.05) is 15.9 Å². The van der Waals surface area contributed by atoms with E-state index in [0.29, 0.717) is 6.42 Å². The molecule has 0 aliphatic carbocycles. The summed E-state index contributed by atoms with van der Waals surface area (Å²) in [5.74, 6) is 0.129. The first-order chi connectivity index (χ1) is 9.63. The highest BCUT2D eigenvalue weighted by atomic mass is 79.9. The number of halogens is 1. The van der Waals surface area contributed by atoms with Gasteiger partial charge in [-0.15, -0.1) is 0 Å². The van der Waals surface area contributed by atoms with Crippen LogP contribution in [0.2, 0.25) is 0 Å². The Bertz CT molecular complexity index is 530. The molecule has 1 radical (unpaired) electrons. The molecular formula is C14H17BBrN2O2. The first-order valence-electron chi connectivity index (χ1n) is 6.83. The van der Waals surface area contributed by atoms with Gasteiger partial charge >= 0.3 is 7.62 Å². The van der Waals surface area contributed by atoms with E-state index in [9.17, 15) is 4.79 Å². The molecule has 0 atom stereocenters. The summed E-state index contributed by atoms with van der Waals surface area (Å²) in [5, 5.41) is 2.99. The Morgan fingerprint density at radius 3 is 2.85 bits per heavy atom. The molecule has 1 aromatic carbocycles. The van der Waals surface area contributed by atoms with E-state index in [1.807, 2.05) is 12.1 Å². The SMILES string of the molecule is CO[B]N1CCC2(CC1)CC(=O)Nc1ccc(Br)cc12. The van der Waals surface area contributed by atoms with E-state index in [1.54, 1.807) is 14.7 Å². The summed E-state index contributed by atoms with van der Waals surface area (Å²) >= 11 is 3.54. The van der Waals surface area contributed by atoms with Crippen LogP contribution in [0.5, 0.6) is 0 Å². The number of carbonyl (C=O) groups excluding carboxylic acids is 1. The van der Waals surface area contributed by atoms with Crippen LogP contribution in [0, 0.1) is 0 Å². The third kappa shape index (κ3) is 2.52. The fraction of sp³-hybridized carbons (Fsp3) is 0.500. The van der Waals surface area contributed by atoms with Gasteiger partial charge in [0.2, 0.25) is 5.91 Å². The van der Waals surface area contributed by atoms with Crippen molar-refractivity contribution in [2.24, 2.45) is 0 Å². The minimum Gasteiger partial charge on any atom is -0.427 e. The van der Waals surface area contributed by atoms with Gasteiger partial charge in [-0.05, 0) is 49.7 Å². The number of hydrogen-bond donors (Lipinski definition) is 1. The molecule has 4 nitrogen and oxygen atoms in total. The number of amides is 1. The van der Waals surface area contributed by atoms with Gasteiger partial charge in [0, 0.05) is 29.1 Å². The lowest BCUT2D eigenvalue weighted by atomic mass is 9.67. The van der Waals surface area contributed by atoms with Gasteiger partial charge in [-0.25, -0.2) is 0 Å². The smallest absolute Gasteiger partial charge is 0.398 e. The van der Waals surface area contributed by atoms with Crippen molar-refractivity contribution in [3.8, 4) is 0 Å². The highest BCUT2D eigenvalue weighted by Crippen LogP contribution is 2.45. The van der Waals surface area contributed by atoms with Crippen LogP contribution >= 0.6 is 15.9 Å². The largest absolute Gasteiger partial charge is 0.427 e. The van der Waals surface area contributed by atoms with Crippen molar-refractivity contribution >= 4 is 35.1 Å². The summed E-state index contributed by atoms with van der Waals surface area (Å²) in [4.78, 5) is 14.2. The summed E-state index contributed by atoms with van der Waals surface area (Å²) < 4.78 is 6.15. The molecule has 20 heavy (non-hydrogen) atoms. The molecule has 2 aliphatic heterocycles. The molecular weight excluding hydrogens is 319 g/mol. The molecule has 1 fully saturated rings. The van der Waals surface area contributed by atoms with Gasteiger partial charge in [0.05, 0.1) is 0 Å². The van der Waals surface area contributed by atoms with Gasteiger partial charge < -0.3 is 14.8 Å². The van der Waals surface area contributed by atoms with Crippen LogP contribution in [0.1, 0.15) is 24.8 Å². The Labute approximate surface area is 128 Å². The molecule has 0 aromatic heterocycles. The second-order valence-electron chi connectivity index (χ2n) is 5.57. The lowest BCUT2D eigenvalue weighted by Gasteiger charge is -2.44. The number of fused-ring (bicyclic) bond motifs is 2. The predicted octanol–water partition coefficient (Wildman–Crippen LogP) is 2.31. The highest BCUT2D eigenvalue weighted by molar-refractivity contribution is 9.10. The van der Waals surface area contributed by atoms with E-state index in [-0.39, 0.29) is 11.3 Å². The van der Waals surface area contributed by atoms with Gasteiger partial charge in [-0.3, -0.25) is 4.79 Å². The van der Waals surface area contributed by atoms with E-state index in [1.165, 1.54) is 5.56 Å². The van der Waals surface area contributed by atoms with Gasteiger partial charge in [0.15, 0.2) is 0 Å². The third-order valence-electron chi connectivity index (χ3n) is 4.34. The van der Waals surface area contributed by atoms with Crippen LogP contribution in [-0.2, 0) is 14.9 Å². The molecule has 1 N–H and O–H groups in total. The number of nitrogens with one attached hydrogen (secondary N) is 1. The lowest BCUT2D eigenvalue weighted by Crippen LogP contribution is -2.48. The highest BCUT2D eigenvalue weighted by Gasteiger charge is 2.42. The van der Waals surface area contributed by atoms with E-state index >= 15 is 0 Å².